The highest BCUT2D eigenvalue weighted by molar-refractivity contribution is 5.85. The first-order valence-electron chi connectivity index (χ1n) is 6.07. The van der Waals surface area contributed by atoms with Crippen LogP contribution in [-0.4, -0.2) is 24.6 Å². The van der Waals surface area contributed by atoms with E-state index in [0.29, 0.717) is 11.1 Å². The minimum atomic E-state index is -1.25. The Hall–Kier alpha value is -0.940. The van der Waals surface area contributed by atoms with Gasteiger partial charge in [-0.3, -0.25) is 10.5 Å². The number of rotatable bonds is 6. The molecular formula is C14H22ClNO3. The molecule has 0 aliphatic heterocycles. The van der Waals surface area contributed by atoms with Crippen molar-refractivity contribution in [2.24, 2.45) is 11.7 Å². The number of benzene rings is 1. The summed E-state index contributed by atoms with van der Waals surface area (Å²) in [6, 6.07) is 6.73. The van der Waals surface area contributed by atoms with E-state index in [-0.39, 0.29) is 18.3 Å². The third-order valence-corrected chi connectivity index (χ3v) is 3.46. The molecule has 0 saturated heterocycles. The van der Waals surface area contributed by atoms with Crippen molar-refractivity contribution >= 4 is 18.7 Å². The van der Waals surface area contributed by atoms with Gasteiger partial charge >= 0.3 is 0 Å². The highest BCUT2D eigenvalue weighted by Crippen LogP contribution is 2.28. The molecule has 0 radical (unpaired) electrons. The van der Waals surface area contributed by atoms with Gasteiger partial charge in [-0.05, 0) is 5.92 Å². The number of carbonyl (C=O) groups excluding carboxylic acids is 1. The molecule has 0 spiro atoms. The summed E-state index contributed by atoms with van der Waals surface area (Å²) in [4.78, 5) is 10.6. The quantitative estimate of drug-likeness (QED) is 0.621. The lowest BCUT2D eigenvalue weighted by Crippen LogP contribution is -2.52. The number of hydrogen-bond acceptors (Lipinski definition) is 4. The number of carbonyl (C=O) groups is 1. The highest BCUT2D eigenvalue weighted by atomic mass is 35.5. The maximum atomic E-state index is 10.6. The maximum Gasteiger partial charge on any atom is 0.168 e. The predicted octanol–water partition coefficient (Wildman–Crippen LogP) is 2.09. The van der Waals surface area contributed by atoms with E-state index >= 15 is 0 Å². The number of methoxy groups -OCH3 is 1. The Morgan fingerprint density at radius 3 is 2.32 bits per heavy atom. The van der Waals surface area contributed by atoms with Crippen LogP contribution >= 0.6 is 12.4 Å². The molecular weight excluding hydrogens is 266 g/mol. The second-order valence-corrected chi connectivity index (χ2v) is 4.57. The Labute approximate surface area is 120 Å². The van der Waals surface area contributed by atoms with Crippen molar-refractivity contribution in [2.45, 2.75) is 32.1 Å². The van der Waals surface area contributed by atoms with Gasteiger partial charge in [0.2, 0.25) is 0 Å². The molecule has 0 fully saturated rings. The molecule has 4 nitrogen and oxygen atoms in total. The van der Waals surface area contributed by atoms with Crippen molar-refractivity contribution < 1.29 is 14.6 Å². The number of aliphatic hydroxyl groups excluding tert-OH is 1. The van der Waals surface area contributed by atoms with Crippen molar-refractivity contribution in [2.75, 3.05) is 7.11 Å². The molecule has 0 aromatic heterocycles. The average Bonchev–Trinajstić information content (AvgIpc) is 2.44. The Kier molecular flexibility index (Phi) is 7.23. The lowest BCUT2D eigenvalue weighted by molar-refractivity contribution is -0.125. The Morgan fingerprint density at radius 1 is 1.42 bits per heavy atom. The molecule has 1 aromatic rings. The van der Waals surface area contributed by atoms with Crippen LogP contribution in [0, 0.1) is 5.92 Å². The van der Waals surface area contributed by atoms with Gasteiger partial charge in [0.15, 0.2) is 5.72 Å². The van der Waals surface area contributed by atoms with Crippen LogP contribution in [0.15, 0.2) is 24.3 Å². The number of ether oxygens (including phenoxy) is 1. The second-order valence-electron chi connectivity index (χ2n) is 4.57. The average molecular weight is 288 g/mol. The second kappa shape index (κ2) is 7.60. The van der Waals surface area contributed by atoms with Crippen LogP contribution in [0.25, 0.3) is 0 Å². The number of halogens is 1. The van der Waals surface area contributed by atoms with Crippen molar-refractivity contribution in [3.63, 3.8) is 0 Å². The molecule has 108 valence electrons. The number of hydrogen-bond donors (Lipinski definition) is 2. The monoisotopic (exact) mass is 287 g/mol. The van der Waals surface area contributed by atoms with Crippen LogP contribution in [-0.2, 0) is 10.5 Å². The molecule has 3 atom stereocenters. The summed E-state index contributed by atoms with van der Waals surface area (Å²) in [7, 11) is 1.47. The predicted molar refractivity (Wildman–Crippen MR) is 77.4 cm³/mol. The molecule has 0 bridgehead atoms. The van der Waals surface area contributed by atoms with E-state index in [4.69, 9.17) is 10.5 Å². The summed E-state index contributed by atoms with van der Waals surface area (Å²) in [5.41, 5.74) is 6.14. The Balaban J connectivity index is 0.00000324. The van der Waals surface area contributed by atoms with E-state index in [1.54, 1.807) is 24.3 Å². The fourth-order valence-corrected chi connectivity index (χ4v) is 1.88. The molecule has 3 N–H and O–H groups in total. The molecule has 0 saturated carbocycles. The molecule has 1 rings (SSSR count). The van der Waals surface area contributed by atoms with Crippen LogP contribution in [0.3, 0.4) is 0 Å². The lowest BCUT2D eigenvalue weighted by atomic mass is 9.88. The van der Waals surface area contributed by atoms with Crippen molar-refractivity contribution in [1.29, 1.82) is 0 Å². The Bertz CT molecular complexity index is 396. The van der Waals surface area contributed by atoms with Crippen LogP contribution in [0.2, 0.25) is 0 Å². The van der Waals surface area contributed by atoms with Crippen LogP contribution in [0.5, 0.6) is 0 Å². The minimum absolute atomic E-state index is 0. The van der Waals surface area contributed by atoms with Gasteiger partial charge in [0.25, 0.3) is 0 Å². The molecule has 19 heavy (non-hydrogen) atoms. The molecule has 0 aliphatic carbocycles. The zero-order valence-electron chi connectivity index (χ0n) is 11.5. The van der Waals surface area contributed by atoms with Gasteiger partial charge < -0.3 is 9.84 Å². The molecule has 1 aromatic carbocycles. The fourth-order valence-electron chi connectivity index (χ4n) is 1.88. The summed E-state index contributed by atoms with van der Waals surface area (Å²) >= 11 is 0. The molecule has 0 heterocycles. The van der Waals surface area contributed by atoms with E-state index in [2.05, 4.69) is 0 Å². The first kappa shape index (κ1) is 18.1. The normalized spacial score (nSPS) is 16.9. The third kappa shape index (κ3) is 3.76. The lowest BCUT2D eigenvalue weighted by Gasteiger charge is -2.36. The number of aldehydes is 1. The summed E-state index contributed by atoms with van der Waals surface area (Å²) in [6.45, 7) is 3.91. The van der Waals surface area contributed by atoms with E-state index in [9.17, 15) is 9.90 Å². The maximum absolute atomic E-state index is 10.6. The van der Waals surface area contributed by atoms with Crippen molar-refractivity contribution in [3.05, 3.63) is 35.4 Å². The van der Waals surface area contributed by atoms with Gasteiger partial charge in [0.05, 0.1) is 0 Å². The van der Waals surface area contributed by atoms with Gasteiger partial charge in [0.1, 0.15) is 12.4 Å². The van der Waals surface area contributed by atoms with Gasteiger partial charge in [-0.2, -0.15) is 0 Å². The van der Waals surface area contributed by atoms with Gasteiger partial charge in [-0.25, -0.2) is 0 Å². The van der Waals surface area contributed by atoms with Crippen LogP contribution in [0.1, 0.15) is 36.2 Å². The number of nitrogens with two attached hydrogens (primary N) is 1. The van der Waals surface area contributed by atoms with Crippen LogP contribution in [0.4, 0.5) is 0 Å². The largest absolute Gasteiger partial charge is 0.388 e. The molecule has 1 unspecified atom stereocenters. The van der Waals surface area contributed by atoms with Gasteiger partial charge in [-0.15, -0.1) is 12.4 Å². The summed E-state index contributed by atoms with van der Waals surface area (Å²) in [5.74, 6) is 0.0145. The topological polar surface area (TPSA) is 72.6 Å². The van der Waals surface area contributed by atoms with E-state index in [1.165, 1.54) is 7.11 Å². The third-order valence-electron chi connectivity index (χ3n) is 3.46. The van der Waals surface area contributed by atoms with E-state index in [0.717, 1.165) is 12.7 Å². The van der Waals surface area contributed by atoms with Gasteiger partial charge in [0, 0.05) is 18.2 Å². The highest BCUT2D eigenvalue weighted by Gasteiger charge is 2.38. The SMILES string of the molecule is CCC(C)[C@@H](O)[C@](N)(OC)c1ccc(C=O)cc1.Cl. The zero-order chi connectivity index (χ0) is 13.8. The standard InChI is InChI=1S/C14H21NO3.ClH/c1-4-10(2)13(17)14(15,18-3)12-7-5-11(9-16)6-8-12;/h5-10,13,17H,4,15H2,1-3H3;1H/t10?,13-,14-;/m1./s1. The van der Waals surface area contributed by atoms with Crippen molar-refractivity contribution in [3.8, 4) is 0 Å². The summed E-state index contributed by atoms with van der Waals surface area (Å²) in [5, 5.41) is 10.3. The first-order chi connectivity index (χ1) is 8.49. The number of aliphatic hydroxyl groups is 1. The molecule has 0 aliphatic rings. The first-order valence-corrected chi connectivity index (χ1v) is 6.07. The molecule has 5 heteroatoms. The zero-order valence-corrected chi connectivity index (χ0v) is 12.3. The van der Waals surface area contributed by atoms with E-state index in [1.807, 2.05) is 13.8 Å². The summed E-state index contributed by atoms with van der Waals surface area (Å²) < 4.78 is 5.32. The smallest absolute Gasteiger partial charge is 0.168 e. The Morgan fingerprint density at radius 2 is 1.95 bits per heavy atom. The fraction of sp³-hybridized carbons (Fsp3) is 0.500. The summed E-state index contributed by atoms with van der Waals surface area (Å²) in [6.07, 6.45) is 0.755. The molecule has 0 amide bonds. The van der Waals surface area contributed by atoms with Gasteiger partial charge in [-0.1, -0.05) is 44.5 Å². The van der Waals surface area contributed by atoms with E-state index < -0.39 is 11.8 Å². The van der Waals surface area contributed by atoms with Crippen molar-refractivity contribution in [1.82, 2.24) is 0 Å². The van der Waals surface area contributed by atoms with Crippen LogP contribution < -0.4 is 5.73 Å². The minimum Gasteiger partial charge on any atom is -0.388 e.